The average Bonchev–Trinajstić information content (AvgIpc) is 2.57. The second-order valence-electron chi connectivity index (χ2n) is 5.78. The molecule has 1 aliphatic rings. The van der Waals surface area contributed by atoms with Gasteiger partial charge in [-0.1, -0.05) is 29.8 Å². The van der Waals surface area contributed by atoms with Crippen LogP contribution in [-0.2, 0) is 17.8 Å². The molecule has 0 spiro atoms. The quantitative estimate of drug-likeness (QED) is 0.854. The number of nitrogens with zero attached hydrogens (tertiary/aromatic N) is 3. The van der Waals surface area contributed by atoms with E-state index >= 15 is 0 Å². The van der Waals surface area contributed by atoms with E-state index in [0.29, 0.717) is 0 Å². The highest BCUT2D eigenvalue weighted by atomic mass is 35.5. The second-order valence-corrected chi connectivity index (χ2v) is 6.17. The zero-order valence-corrected chi connectivity index (χ0v) is 14.3. The van der Waals surface area contributed by atoms with Crippen molar-refractivity contribution < 1.29 is 9.53 Å². The number of ether oxygens (including phenoxy) is 1. The lowest BCUT2D eigenvalue weighted by Crippen LogP contribution is -2.45. The highest BCUT2D eigenvalue weighted by molar-refractivity contribution is 6.29. The Morgan fingerprint density at radius 2 is 2.17 bits per heavy atom. The summed E-state index contributed by atoms with van der Waals surface area (Å²) in [5.74, 6) is -0.136. The fourth-order valence-electron chi connectivity index (χ4n) is 3.01. The van der Waals surface area contributed by atoms with Gasteiger partial charge in [-0.3, -0.25) is 9.59 Å². The Kier molecular flexibility index (Phi) is 4.57. The van der Waals surface area contributed by atoms with Crippen molar-refractivity contribution in [3.63, 3.8) is 0 Å². The van der Waals surface area contributed by atoms with Gasteiger partial charge in [-0.05, 0) is 31.4 Å². The van der Waals surface area contributed by atoms with Crippen molar-refractivity contribution in [2.24, 2.45) is 0 Å². The Bertz CT molecular complexity index is 834. The summed E-state index contributed by atoms with van der Waals surface area (Å²) >= 11 is 5.90. The highest BCUT2D eigenvalue weighted by Gasteiger charge is 2.28. The predicted molar refractivity (Wildman–Crippen MR) is 91.8 cm³/mol. The predicted octanol–water partition coefficient (Wildman–Crippen LogP) is 2.27. The molecule has 2 heterocycles. The largest absolute Gasteiger partial charge is 0.491 e. The van der Waals surface area contributed by atoms with Crippen LogP contribution in [0.1, 0.15) is 18.9 Å². The molecule has 24 heavy (non-hydrogen) atoms. The van der Waals surface area contributed by atoms with E-state index in [1.54, 1.807) is 4.90 Å². The van der Waals surface area contributed by atoms with Crippen LogP contribution in [-0.4, -0.2) is 28.8 Å². The molecule has 0 radical (unpaired) electrons. The summed E-state index contributed by atoms with van der Waals surface area (Å²) in [7, 11) is 1.38. The van der Waals surface area contributed by atoms with Crippen LogP contribution in [0.2, 0.25) is 5.15 Å². The molecule has 1 atom stereocenters. The molecule has 2 aromatic rings. The molecule has 0 saturated carbocycles. The molecule has 1 amide bonds. The number of aromatic nitrogens is 2. The molecule has 126 valence electrons. The van der Waals surface area contributed by atoms with Crippen molar-refractivity contribution in [3.05, 3.63) is 51.4 Å². The van der Waals surface area contributed by atoms with Gasteiger partial charge in [0.15, 0.2) is 10.9 Å². The van der Waals surface area contributed by atoms with Crippen LogP contribution in [0.25, 0.3) is 0 Å². The zero-order chi connectivity index (χ0) is 17.3. The Labute approximate surface area is 144 Å². The molecule has 1 aromatic carbocycles. The maximum absolute atomic E-state index is 12.8. The van der Waals surface area contributed by atoms with Crippen LogP contribution < -0.4 is 15.2 Å². The number of rotatable bonds is 3. The molecule has 3 rings (SSSR count). The van der Waals surface area contributed by atoms with E-state index in [-0.39, 0.29) is 29.4 Å². The molecule has 0 fully saturated rings. The van der Waals surface area contributed by atoms with Gasteiger partial charge in [0.2, 0.25) is 5.91 Å². The number of anilines is 1. The van der Waals surface area contributed by atoms with Gasteiger partial charge in [-0.25, -0.2) is 4.68 Å². The van der Waals surface area contributed by atoms with Crippen LogP contribution in [0.3, 0.4) is 0 Å². The van der Waals surface area contributed by atoms with Crippen LogP contribution in [0.15, 0.2) is 35.1 Å². The van der Waals surface area contributed by atoms with Crippen LogP contribution in [0, 0.1) is 0 Å². The van der Waals surface area contributed by atoms with Crippen molar-refractivity contribution in [2.45, 2.75) is 32.4 Å². The van der Waals surface area contributed by atoms with Crippen molar-refractivity contribution in [1.82, 2.24) is 9.78 Å². The number of benzene rings is 1. The molecule has 0 saturated heterocycles. The van der Waals surface area contributed by atoms with E-state index in [1.807, 2.05) is 31.2 Å². The highest BCUT2D eigenvalue weighted by Crippen LogP contribution is 2.30. The molecular formula is C17H18ClN3O3. The molecule has 0 bridgehead atoms. The lowest BCUT2D eigenvalue weighted by atomic mass is 9.96. The monoisotopic (exact) mass is 347 g/mol. The first kappa shape index (κ1) is 16.5. The first-order chi connectivity index (χ1) is 11.5. The summed E-state index contributed by atoms with van der Waals surface area (Å²) < 4.78 is 6.04. The number of para-hydroxylation sites is 1. The van der Waals surface area contributed by atoms with E-state index < -0.39 is 5.56 Å². The summed E-state index contributed by atoms with van der Waals surface area (Å²) in [6, 6.07) is 9.22. The third kappa shape index (κ3) is 3.01. The van der Waals surface area contributed by atoms with E-state index in [4.69, 9.17) is 16.3 Å². The van der Waals surface area contributed by atoms with Crippen LogP contribution >= 0.6 is 11.6 Å². The van der Waals surface area contributed by atoms with Crippen LogP contribution in [0.4, 0.5) is 5.69 Å². The van der Waals surface area contributed by atoms with Gasteiger partial charge in [0, 0.05) is 17.8 Å². The first-order valence-electron chi connectivity index (χ1n) is 7.73. The van der Waals surface area contributed by atoms with E-state index in [0.717, 1.165) is 28.8 Å². The number of aryl methyl sites for hydroxylation is 1. The topological polar surface area (TPSA) is 64.4 Å². The standard InChI is InChI=1S/C17H18ClN3O3/c1-11-7-8-12-5-3-4-6-13(12)21(11)16(22)10-20-17(23)14(24-2)9-15(18)19-20/h3-6,9,11H,7-8,10H2,1-2H3. The molecule has 1 unspecified atom stereocenters. The third-order valence-electron chi connectivity index (χ3n) is 4.21. The summed E-state index contributed by atoms with van der Waals surface area (Å²) in [4.78, 5) is 26.8. The fourth-order valence-corrected chi connectivity index (χ4v) is 3.20. The Morgan fingerprint density at radius 1 is 1.42 bits per heavy atom. The molecule has 0 aliphatic carbocycles. The molecule has 1 aromatic heterocycles. The number of halogens is 1. The van der Waals surface area contributed by atoms with Gasteiger partial charge >= 0.3 is 5.56 Å². The van der Waals surface area contributed by atoms with E-state index in [2.05, 4.69) is 5.10 Å². The zero-order valence-electron chi connectivity index (χ0n) is 13.5. The number of amides is 1. The molecule has 0 N–H and O–H groups in total. The minimum Gasteiger partial charge on any atom is -0.491 e. The summed E-state index contributed by atoms with van der Waals surface area (Å²) in [6.45, 7) is 1.82. The summed E-state index contributed by atoms with van der Waals surface area (Å²) in [5, 5.41) is 4.04. The average molecular weight is 348 g/mol. The van der Waals surface area contributed by atoms with Crippen molar-refractivity contribution in [2.75, 3.05) is 12.0 Å². The molecule has 7 heteroatoms. The number of methoxy groups -OCH3 is 1. The normalized spacial score (nSPS) is 16.6. The van der Waals surface area contributed by atoms with Crippen molar-refractivity contribution >= 4 is 23.2 Å². The maximum atomic E-state index is 12.8. The minimum absolute atomic E-state index is 0.0594. The van der Waals surface area contributed by atoms with Gasteiger partial charge in [0.25, 0.3) is 0 Å². The Morgan fingerprint density at radius 3 is 2.92 bits per heavy atom. The van der Waals surface area contributed by atoms with Gasteiger partial charge < -0.3 is 9.64 Å². The molecular weight excluding hydrogens is 330 g/mol. The number of hydrogen-bond acceptors (Lipinski definition) is 4. The van der Waals surface area contributed by atoms with Gasteiger partial charge in [0.05, 0.1) is 7.11 Å². The lowest BCUT2D eigenvalue weighted by molar-refractivity contribution is -0.120. The molecule has 6 nitrogen and oxygen atoms in total. The Hall–Kier alpha value is -2.34. The number of carbonyl (C=O) groups is 1. The smallest absolute Gasteiger partial charge is 0.309 e. The van der Waals surface area contributed by atoms with Crippen LogP contribution in [0.5, 0.6) is 5.75 Å². The lowest BCUT2D eigenvalue weighted by Gasteiger charge is -2.35. The van der Waals surface area contributed by atoms with Gasteiger partial charge in [-0.15, -0.1) is 0 Å². The Balaban J connectivity index is 1.94. The first-order valence-corrected chi connectivity index (χ1v) is 8.10. The summed E-state index contributed by atoms with van der Waals surface area (Å²) in [6.07, 6.45) is 1.81. The molecule has 1 aliphatic heterocycles. The number of hydrogen-bond donors (Lipinski definition) is 0. The van der Waals surface area contributed by atoms with E-state index in [1.165, 1.54) is 13.2 Å². The second kappa shape index (κ2) is 6.65. The SMILES string of the molecule is COc1cc(Cl)nn(CC(=O)N2c3ccccc3CCC2C)c1=O. The third-order valence-corrected chi connectivity index (χ3v) is 4.39. The van der Waals surface area contributed by atoms with Crippen molar-refractivity contribution in [1.29, 1.82) is 0 Å². The summed E-state index contributed by atoms with van der Waals surface area (Å²) in [5.41, 5.74) is 1.55. The van der Waals surface area contributed by atoms with Gasteiger partial charge in [0.1, 0.15) is 6.54 Å². The van der Waals surface area contributed by atoms with E-state index in [9.17, 15) is 9.59 Å². The van der Waals surface area contributed by atoms with Gasteiger partial charge in [-0.2, -0.15) is 5.10 Å². The fraction of sp³-hybridized carbons (Fsp3) is 0.353. The number of carbonyl (C=O) groups excluding carboxylic acids is 1. The minimum atomic E-state index is -0.479. The maximum Gasteiger partial charge on any atom is 0.309 e. The number of fused-ring (bicyclic) bond motifs is 1. The van der Waals surface area contributed by atoms with Crippen molar-refractivity contribution in [3.8, 4) is 5.75 Å².